The monoisotopic (exact) mass is 524 g/mol. The van der Waals surface area contributed by atoms with E-state index in [1.807, 2.05) is 42.2 Å². The van der Waals surface area contributed by atoms with E-state index >= 15 is 0 Å². The summed E-state index contributed by atoms with van der Waals surface area (Å²) in [5.41, 5.74) is 3.34. The number of fused-ring (bicyclic) bond motifs is 1. The zero-order valence-corrected chi connectivity index (χ0v) is 19.9. The molecule has 7 nitrogen and oxygen atoms in total. The number of methoxy groups -OCH3 is 1. The highest BCUT2D eigenvalue weighted by atomic mass is 127. The van der Waals surface area contributed by atoms with Crippen LogP contribution in [0.25, 0.3) is 0 Å². The highest BCUT2D eigenvalue weighted by molar-refractivity contribution is 14.0. The second-order valence-electron chi connectivity index (χ2n) is 6.68. The minimum absolute atomic E-state index is 0. The molecule has 0 saturated heterocycles. The second kappa shape index (κ2) is 11.6. The summed E-state index contributed by atoms with van der Waals surface area (Å²) in [7, 11) is 3.28. The van der Waals surface area contributed by atoms with Crippen LogP contribution in [-0.2, 0) is 17.8 Å². The van der Waals surface area contributed by atoms with E-state index in [4.69, 9.17) is 9.47 Å². The SMILES string of the molecule is CCOc1cc(NC(=NC)NCC(=O)N2CCc3ccccc3C2)ccc1OC.I. The van der Waals surface area contributed by atoms with Crippen molar-refractivity contribution in [3.8, 4) is 11.5 Å². The van der Waals surface area contributed by atoms with Gasteiger partial charge >= 0.3 is 0 Å². The van der Waals surface area contributed by atoms with Crippen LogP contribution in [0.5, 0.6) is 11.5 Å². The Hall–Kier alpha value is -2.49. The van der Waals surface area contributed by atoms with Crippen molar-refractivity contribution in [1.82, 2.24) is 10.2 Å². The van der Waals surface area contributed by atoms with E-state index in [9.17, 15) is 4.79 Å². The molecular weight excluding hydrogens is 495 g/mol. The summed E-state index contributed by atoms with van der Waals surface area (Å²) in [6, 6.07) is 13.8. The third kappa shape index (κ3) is 6.01. The zero-order valence-electron chi connectivity index (χ0n) is 17.6. The first-order chi connectivity index (χ1) is 14.1. The van der Waals surface area contributed by atoms with Gasteiger partial charge in [0.1, 0.15) is 0 Å². The van der Waals surface area contributed by atoms with Crippen molar-refractivity contribution >= 4 is 41.5 Å². The van der Waals surface area contributed by atoms with Crippen molar-refractivity contribution < 1.29 is 14.3 Å². The number of hydrogen-bond donors (Lipinski definition) is 2. The Morgan fingerprint density at radius 1 is 1.17 bits per heavy atom. The maximum absolute atomic E-state index is 12.6. The lowest BCUT2D eigenvalue weighted by Gasteiger charge is -2.29. The molecule has 3 rings (SSSR count). The number of rotatable bonds is 6. The van der Waals surface area contributed by atoms with Gasteiger partial charge in [0.2, 0.25) is 5.91 Å². The molecule has 0 aliphatic carbocycles. The van der Waals surface area contributed by atoms with Crippen LogP contribution >= 0.6 is 24.0 Å². The van der Waals surface area contributed by atoms with Crippen LogP contribution < -0.4 is 20.1 Å². The van der Waals surface area contributed by atoms with Crippen molar-refractivity contribution in [2.45, 2.75) is 19.9 Å². The number of carbonyl (C=O) groups is 1. The van der Waals surface area contributed by atoms with Crippen LogP contribution in [0, 0.1) is 0 Å². The summed E-state index contributed by atoms with van der Waals surface area (Å²) in [6.45, 7) is 4.03. The molecule has 8 heteroatoms. The highest BCUT2D eigenvalue weighted by Gasteiger charge is 2.20. The highest BCUT2D eigenvalue weighted by Crippen LogP contribution is 2.30. The molecule has 1 aliphatic rings. The van der Waals surface area contributed by atoms with Crippen molar-refractivity contribution in [2.75, 3.05) is 39.2 Å². The first-order valence-corrected chi connectivity index (χ1v) is 9.77. The molecule has 0 bridgehead atoms. The van der Waals surface area contributed by atoms with E-state index in [1.165, 1.54) is 11.1 Å². The number of amides is 1. The van der Waals surface area contributed by atoms with Gasteiger partial charge in [0.25, 0.3) is 0 Å². The van der Waals surface area contributed by atoms with Gasteiger partial charge in [-0.3, -0.25) is 9.79 Å². The number of guanidine groups is 1. The van der Waals surface area contributed by atoms with Crippen molar-refractivity contribution in [1.29, 1.82) is 0 Å². The number of hydrogen-bond acceptors (Lipinski definition) is 4. The van der Waals surface area contributed by atoms with Gasteiger partial charge in [0, 0.05) is 31.9 Å². The Labute approximate surface area is 194 Å². The third-order valence-electron chi connectivity index (χ3n) is 4.84. The molecule has 1 heterocycles. The fourth-order valence-electron chi connectivity index (χ4n) is 3.32. The molecule has 0 unspecified atom stereocenters. The van der Waals surface area contributed by atoms with Crippen LogP contribution in [0.3, 0.4) is 0 Å². The molecule has 1 amide bonds. The van der Waals surface area contributed by atoms with Gasteiger partial charge in [-0.05, 0) is 36.6 Å². The number of nitrogens with zero attached hydrogens (tertiary/aromatic N) is 2. The Morgan fingerprint density at radius 3 is 2.63 bits per heavy atom. The van der Waals surface area contributed by atoms with E-state index < -0.39 is 0 Å². The number of ether oxygens (including phenoxy) is 2. The number of benzene rings is 2. The van der Waals surface area contributed by atoms with Crippen LogP contribution in [-0.4, -0.2) is 50.6 Å². The van der Waals surface area contributed by atoms with Crippen molar-refractivity contribution in [2.24, 2.45) is 4.99 Å². The van der Waals surface area contributed by atoms with E-state index in [-0.39, 0.29) is 36.4 Å². The molecule has 1 aliphatic heterocycles. The van der Waals surface area contributed by atoms with E-state index in [0.717, 1.165) is 18.7 Å². The topological polar surface area (TPSA) is 75.2 Å². The van der Waals surface area contributed by atoms with Gasteiger partial charge in [-0.1, -0.05) is 24.3 Å². The Morgan fingerprint density at radius 2 is 1.93 bits per heavy atom. The summed E-state index contributed by atoms with van der Waals surface area (Å²) in [6.07, 6.45) is 0.890. The minimum atomic E-state index is 0. The molecule has 0 fully saturated rings. The number of carbonyl (C=O) groups excluding carboxylic acids is 1. The average molecular weight is 524 g/mol. The third-order valence-corrected chi connectivity index (χ3v) is 4.84. The molecule has 30 heavy (non-hydrogen) atoms. The summed E-state index contributed by atoms with van der Waals surface area (Å²) in [5.74, 6) is 1.88. The molecule has 0 saturated carbocycles. The Bertz CT molecular complexity index is 888. The van der Waals surface area contributed by atoms with Gasteiger partial charge < -0.3 is 25.0 Å². The van der Waals surface area contributed by atoms with Crippen LogP contribution in [0.1, 0.15) is 18.1 Å². The molecule has 0 aromatic heterocycles. The fourth-order valence-corrected chi connectivity index (χ4v) is 3.32. The lowest BCUT2D eigenvalue weighted by Crippen LogP contribution is -2.44. The van der Waals surface area contributed by atoms with Crippen LogP contribution in [0.4, 0.5) is 5.69 Å². The first kappa shape index (κ1) is 23.8. The standard InChI is InChI=1S/C22H28N4O3.HI/c1-4-29-20-13-18(9-10-19(20)28-3)25-22(23-2)24-14-21(27)26-12-11-16-7-5-6-8-17(16)15-26;/h5-10,13H,4,11-12,14-15H2,1-3H3,(H2,23,24,25);1H. The molecule has 0 spiro atoms. The number of nitrogens with one attached hydrogen (secondary N) is 2. The van der Waals surface area contributed by atoms with E-state index in [0.29, 0.717) is 30.6 Å². The number of anilines is 1. The average Bonchev–Trinajstić information content (AvgIpc) is 2.76. The molecule has 2 aromatic carbocycles. The van der Waals surface area contributed by atoms with Crippen LogP contribution in [0.15, 0.2) is 47.5 Å². The van der Waals surface area contributed by atoms with E-state index in [2.05, 4.69) is 27.8 Å². The van der Waals surface area contributed by atoms with Crippen molar-refractivity contribution in [3.63, 3.8) is 0 Å². The quantitative estimate of drug-likeness (QED) is 0.345. The first-order valence-electron chi connectivity index (χ1n) is 9.77. The predicted molar refractivity (Wildman–Crippen MR) is 130 cm³/mol. The molecule has 0 radical (unpaired) electrons. The van der Waals surface area contributed by atoms with Crippen molar-refractivity contribution in [3.05, 3.63) is 53.6 Å². The Balaban J connectivity index is 0.00000320. The molecule has 162 valence electrons. The summed E-state index contributed by atoms with van der Waals surface area (Å²) < 4.78 is 10.9. The number of aliphatic imine (C=N–C) groups is 1. The largest absolute Gasteiger partial charge is 0.493 e. The molecule has 2 aromatic rings. The fraction of sp³-hybridized carbons (Fsp3) is 0.364. The molecule has 2 N–H and O–H groups in total. The minimum Gasteiger partial charge on any atom is -0.493 e. The van der Waals surface area contributed by atoms with E-state index in [1.54, 1.807) is 14.2 Å². The van der Waals surface area contributed by atoms with Gasteiger partial charge in [-0.2, -0.15) is 0 Å². The maximum atomic E-state index is 12.6. The summed E-state index contributed by atoms with van der Waals surface area (Å²) >= 11 is 0. The summed E-state index contributed by atoms with van der Waals surface area (Å²) in [4.78, 5) is 18.7. The zero-order chi connectivity index (χ0) is 20.6. The molecular formula is C22H29IN4O3. The normalized spacial score (nSPS) is 13.0. The summed E-state index contributed by atoms with van der Waals surface area (Å²) in [5, 5.41) is 6.28. The van der Waals surface area contributed by atoms with Gasteiger partial charge in [0.15, 0.2) is 17.5 Å². The van der Waals surface area contributed by atoms with Gasteiger partial charge in [-0.25, -0.2) is 0 Å². The lowest BCUT2D eigenvalue weighted by atomic mass is 10.00. The smallest absolute Gasteiger partial charge is 0.242 e. The lowest BCUT2D eigenvalue weighted by molar-refractivity contribution is -0.130. The second-order valence-corrected chi connectivity index (χ2v) is 6.68. The number of halogens is 1. The van der Waals surface area contributed by atoms with Crippen LogP contribution in [0.2, 0.25) is 0 Å². The maximum Gasteiger partial charge on any atom is 0.242 e. The molecule has 0 atom stereocenters. The Kier molecular flexibility index (Phi) is 9.22. The van der Waals surface area contributed by atoms with Gasteiger partial charge in [-0.15, -0.1) is 24.0 Å². The predicted octanol–water partition coefficient (Wildman–Crippen LogP) is 3.28. The van der Waals surface area contributed by atoms with Gasteiger partial charge in [0.05, 0.1) is 20.3 Å².